The zero-order valence-corrected chi connectivity index (χ0v) is 12.1. The van der Waals surface area contributed by atoms with E-state index in [1.165, 1.54) is 18.7 Å². The number of amides is 1. The number of hydrogen-bond acceptors (Lipinski definition) is 4. The summed E-state index contributed by atoms with van der Waals surface area (Å²) in [5.74, 6) is -0.622. The van der Waals surface area contributed by atoms with E-state index in [0.717, 1.165) is 25.8 Å². The third kappa shape index (κ3) is 6.61. The molecule has 0 bridgehead atoms. The van der Waals surface area contributed by atoms with Gasteiger partial charge >= 0.3 is 5.97 Å². The molecule has 1 heterocycles. The minimum absolute atomic E-state index is 0.0633. The molecule has 19 heavy (non-hydrogen) atoms. The molecule has 1 amide bonds. The van der Waals surface area contributed by atoms with Crippen LogP contribution in [0.1, 0.15) is 45.4 Å². The molecular weight excluding hydrogens is 266 g/mol. The van der Waals surface area contributed by atoms with Crippen LogP contribution in [0, 0.1) is 0 Å². The molecule has 1 atom stereocenters. The fourth-order valence-corrected chi connectivity index (χ4v) is 3.15. The maximum atomic E-state index is 11.7. The van der Waals surface area contributed by atoms with E-state index in [2.05, 4.69) is 0 Å². The molecule has 1 fully saturated rings. The van der Waals surface area contributed by atoms with E-state index in [0.29, 0.717) is 19.4 Å². The number of carboxylic acids is 1. The van der Waals surface area contributed by atoms with Crippen LogP contribution < -0.4 is 0 Å². The number of likely N-dealkylation sites (tertiary alicyclic amines) is 1. The maximum absolute atomic E-state index is 11.7. The van der Waals surface area contributed by atoms with Gasteiger partial charge in [-0.1, -0.05) is 24.6 Å². The highest BCUT2D eigenvalue weighted by Crippen LogP contribution is 2.24. The summed E-state index contributed by atoms with van der Waals surface area (Å²) >= 11 is 1.25. The molecule has 6 heteroatoms. The van der Waals surface area contributed by atoms with Crippen molar-refractivity contribution in [3.8, 4) is 0 Å². The van der Waals surface area contributed by atoms with Crippen LogP contribution >= 0.6 is 11.8 Å². The monoisotopic (exact) mass is 287 g/mol. The first kappa shape index (κ1) is 16.0. The second kappa shape index (κ2) is 8.19. The number of unbranched alkanes of at least 4 members (excludes halogenated alkanes) is 3. The Kier molecular flexibility index (Phi) is 6.91. The van der Waals surface area contributed by atoms with Crippen molar-refractivity contribution in [3.63, 3.8) is 0 Å². The molecule has 108 valence electrons. The molecule has 1 unspecified atom stereocenters. The van der Waals surface area contributed by atoms with Crippen molar-refractivity contribution in [1.29, 1.82) is 0 Å². The van der Waals surface area contributed by atoms with E-state index in [9.17, 15) is 14.4 Å². The molecule has 0 spiro atoms. The Morgan fingerprint density at radius 3 is 2.63 bits per heavy atom. The number of carbonyl (C=O) groups excluding carboxylic acids is 2. The average molecular weight is 287 g/mol. The molecular formula is C13H21NO4S. The second-order valence-corrected chi connectivity index (χ2v) is 6.31. The highest BCUT2D eigenvalue weighted by molar-refractivity contribution is 8.14. The van der Waals surface area contributed by atoms with Crippen molar-refractivity contribution >= 4 is 28.8 Å². The molecule has 0 radical (unpaired) electrons. The molecule has 0 aromatic rings. The van der Waals surface area contributed by atoms with Crippen molar-refractivity contribution in [1.82, 2.24) is 4.90 Å². The third-order valence-electron chi connectivity index (χ3n) is 3.08. The average Bonchev–Trinajstić information content (AvgIpc) is 2.62. The summed E-state index contributed by atoms with van der Waals surface area (Å²) in [6.07, 6.45) is 4.12. The van der Waals surface area contributed by atoms with Gasteiger partial charge in [0.1, 0.15) is 0 Å². The maximum Gasteiger partial charge on any atom is 0.303 e. The van der Waals surface area contributed by atoms with E-state index < -0.39 is 5.97 Å². The van der Waals surface area contributed by atoms with Gasteiger partial charge in [-0.25, -0.2) is 0 Å². The van der Waals surface area contributed by atoms with Gasteiger partial charge in [-0.15, -0.1) is 0 Å². The summed E-state index contributed by atoms with van der Waals surface area (Å²) in [6, 6.07) is 0. The molecule has 1 aliphatic rings. The predicted octanol–water partition coefficient (Wildman–Crippen LogP) is 1.90. The SMILES string of the molecule is CC(=O)SC1CC(=O)N(CCCCCCC(=O)O)C1. The van der Waals surface area contributed by atoms with Crippen LogP contribution in [0.3, 0.4) is 0 Å². The Morgan fingerprint density at radius 1 is 1.32 bits per heavy atom. The highest BCUT2D eigenvalue weighted by atomic mass is 32.2. The minimum Gasteiger partial charge on any atom is -0.481 e. The van der Waals surface area contributed by atoms with E-state index in [1.807, 2.05) is 4.90 Å². The lowest BCUT2D eigenvalue weighted by Crippen LogP contribution is -2.26. The van der Waals surface area contributed by atoms with Gasteiger partial charge in [0.15, 0.2) is 5.12 Å². The van der Waals surface area contributed by atoms with Crippen molar-refractivity contribution < 1.29 is 19.5 Å². The first-order chi connectivity index (χ1) is 8.99. The van der Waals surface area contributed by atoms with Gasteiger partial charge in [-0.2, -0.15) is 0 Å². The van der Waals surface area contributed by atoms with Crippen molar-refractivity contribution in [2.45, 2.75) is 50.7 Å². The lowest BCUT2D eigenvalue weighted by molar-refractivity contribution is -0.137. The summed E-state index contributed by atoms with van der Waals surface area (Å²) in [7, 11) is 0. The van der Waals surface area contributed by atoms with Gasteiger partial charge in [0.25, 0.3) is 0 Å². The van der Waals surface area contributed by atoms with Crippen molar-refractivity contribution in [2.24, 2.45) is 0 Å². The first-order valence-corrected chi connectivity index (χ1v) is 7.54. The van der Waals surface area contributed by atoms with Gasteiger partial charge in [-0.3, -0.25) is 14.4 Å². The van der Waals surface area contributed by atoms with Gasteiger partial charge < -0.3 is 10.0 Å². The third-order valence-corrected chi connectivity index (χ3v) is 4.06. The summed E-state index contributed by atoms with van der Waals surface area (Å²) < 4.78 is 0. The highest BCUT2D eigenvalue weighted by Gasteiger charge is 2.30. The smallest absolute Gasteiger partial charge is 0.303 e. The Balaban J connectivity index is 2.11. The summed E-state index contributed by atoms with van der Waals surface area (Å²) in [5.41, 5.74) is 0. The topological polar surface area (TPSA) is 74.7 Å². The number of aliphatic carboxylic acids is 1. The number of rotatable bonds is 8. The Hall–Kier alpha value is -1.04. The van der Waals surface area contributed by atoms with Crippen LogP contribution in [-0.4, -0.2) is 45.3 Å². The number of nitrogens with zero attached hydrogens (tertiary/aromatic N) is 1. The Labute approximate surface area is 117 Å². The molecule has 0 aromatic carbocycles. The van der Waals surface area contributed by atoms with Gasteiger partial charge in [0.2, 0.25) is 5.91 Å². The first-order valence-electron chi connectivity index (χ1n) is 6.66. The summed E-state index contributed by atoms with van der Waals surface area (Å²) in [4.78, 5) is 34.8. The molecule has 1 rings (SSSR count). The standard InChI is InChI=1S/C13H21NO4S/c1-10(15)19-11-8-12(16)14(9-11)7-5-3-2-4-6-13(17)18/h11H,2-9H2,1H3,(H,17,18). The summed E-state index contributed by atoms with van der Waals surface area (Å²) in [5, 5.41) is 8.67. The number of carboxylic acid groups (broad SMARTS) is 1. The Morgan fingerprint density at radius 2 is 2.00 bits per heavy atom. The van der Waals surface area contributed by atoms with Crippen LogP contribution in [0.15, 0.2) is 0 Å². The zero-order chi connectivity index (χ0) is 14.3. The van der Waals surface area contributed by atoms with E-state index in [4.69, 9.17) is 5.11 Å². The molecule has 1 N–H and O–H groups in total. The van der Waals surface area contributed by atoms with E-state index in [1.54, 1.807) is 0 Å². The molecule has 1 saturated heterocycles. The molecule has 0 aromatic heterocycles. The lowest BCUT2D eigenvalue weighted by Gasteiger charge is -2.15. The zero-order valence-electron chi connectivity index (χ0n) is 11.3. The van der Waals surface area contributed by atoms with Gasteiger partial charge in [0, 0.05) is 38.1 Å². The predicted molar refractivity (Wildman–Crippen MR) is 74.0 cm³/mol. The second-order valence-electron chi connectivity index (χ2n) is 4.83. The van der Waals surface area contributed by atoms with Gasteiger partial charge in [0.05, 0.1) is 0 Å². The van der Waals surface area contributed by atoms with Gasteiger partial charge in [-0.05, 0) is 12.8 Å². The molecule has 0 aliphatic carbocycles. The molecule has 1 aliphatic heterocycles. The fourth-order valence-electron chi connectivity index (χ4n) is 2.20. The Bertz CT molecular complexity index is 346. The summed E-state index contributed by atoms with van der Waals surface area (Å²) in [6.45, 7) is 2.92. The van der Waals surface area contributed by atoms with Crippen LogP contribution in [0.25, 0.3) is 0 Å². The lowest BCUT2D eigenvalue weighted by atomic mass is 10.1. The quantitative estimate of drug-likeness (QED) is 0.690. The number of thioether (sulfide) groups is 1. The molecule has 0 saturated carbocycles. The van der Waals surface area contributed by atoms with Crippen LogP contribution in [0.2, 0.25) is 0 Å². The van der Waals surface area contributed by atoms with E-state index in [-0.39, 0.29) is 22.7 Å². The molecule has 5 nitrogen and oxygen atoms in total. The van der Waals surface area contributed by atoms with Crippen LogP contribution in [-0.2, 0) is 14.4 Å². The largest absolute Gasteiger partial charge is 0.481 e. The van der Waals surface area contributed by atoms with Crippen molar-refractivity contribution in [3.05, 3.63) is 0 Å². The number of carbonyl (C=O) groups is 3. The fraction of sp³-hybridized carbons (Fsp3) is 0.769. The van der Waals surface area contributed by atoms with Crippen LogP contribution in [0.5, 0.6) is 0 Å². The van der Waals surface area contributed by atoms with E-state index >= 15 is 0 Å². The van der Waals surface area contributed by atoms with Crippen LogP contribution in [0.4, 0.5) is 0 Å². The number of hydrogen-bond donors (Lipinski definition) is 1. The van der Waals surface area contributed by atoms with Crippen molar-refractivity contribution in [2.75, 3.05) is 13.1 Å². The normalized spacial score (nSPS) is 18.9. The minimum atomic E-state index is -0.751.